The molecule has 0 bridgehead atoms. The van der Waals surface area contributed by atoms with Gasteiger partial charge in [0.2, 0.25) is 0 Å². The van der Waals surface area contributed by atoms with E-state index in [2.05, 4.69) is 18.0 Å². The second-order valence-electron chi connectivity index (χ2n) is 4.26. The van der Waals surface area contributed by atoms with Crippen LogP contribution in [0, 0.1) is 5.92 Å². The van der Waals surface area contributed by atoms with Gasteiger partial charge in [-0.25, -0.2) is 0 Å². The summed E-state index contributed by atoms with van der Waals surface area (Å²) in [6.45, 7) is 1.22. The van der Waals surface area contributed by atoms with Gasteiger partial charge in [0.1, 0.15) is 0 Å². The highest BCUT2D eigenvalue weighted by molar-refractivity contribution is 6.31. The van der Waals surface area contributed by atoms with Crippen LogP contribution in [0.5, 0.6) is 0 Å². The Hall–Kier alpha value is -0.570. The standard InChI is InChI=1S/C12H16ClNO/c1-14-7-9(8-15)6-12(14)10-4-2-3-5-11(10)13/h2-5,9,12,15H,6-8H2,1H3/t9-,12+/m1/s1. The van der Waals surface area contributed by atoms with Crippen LogP contribution >= 0.6 is 11.6 Å². The molecule has 0 radical (unpaired) electrons. The summed E-state index contributed by atoms with van der Waals surface area (Å²) in [5.41, 5.74) is 1.18. The summed E-state index contributed by atoms with van der Waals surface area (Å²) in [5.74, 6) is 0.385. The molecule has 2 nitrogen and oxygen atoms in total. The maximum atomic E-state index is 9.16. The SMILES string of the molecule is CN1C[C@H](CO)C[C@H]1c1ccccc1Cl. The summed E-state index contributed by atoms with van der Waals surface area (Å²) in [7, 11) is 2.09. The monoisotopic (exact) mass is 225 g/mol. The molecule has 1 aliphatic rings. The van der Waals surface area contributed by atoms with Gasteiger partial charge in [-0.05, 0) is 31.0 Å². The van der Waals surface area contributed by atoms with Crippen molar-refractivity contribution in [2.24, 2.45) is 5.92 Å². The normalized spacial score (nSPS) is 27.1. The smallest absolute Gasteiger partial charge is 0.0472 e. The number of likely N-dealkylation sites (tertiary alicyclic amines) is 1. The quantitative estimate of drug-likeness (QED) is 0.835. The highest BCUT2D eigenvalue weighted by Crippen LogP contribution is 2.36. The van der Waals surface area contributed by atoms with Gasteiger partial charge in [0.05, 0.1) is 0 Å². The molecular formula is C12H16ClNO. The molecule has 15 heavy (non-hydrogen) atoms. The van der Waals surface area contributed by atoms with Crippen molar-refractivity contribution in [2.75, 3.05) is 20.2 Å². The Morgan fingerprint density at radius 1 is 1.47 bits per heavy atom. The molecule has 1 fully saturated rings. The van der Waals surface area contributed by atoms with Gasteiger partial charge in [0.25, 0.3) is 0 Å². The first-order valence-electron chi connectivity index (χ1n) is 5.28. The molecule has 82 valence electrons. The molecule has 1 aromatic rings. The second-order valence-corrected chi connectivity index (χ2v) is 4.67. The topological polar surface area (TPSA) is 23.5 Å². The largest absolute Gasteiger partial charge is 0.396 e. The van der Waals surface area contributed by atoms with Gasteiger partial charge in [-0.15, -0.1) is 0 Å². The zero-order valence-electron chi connectivity index (χ0n) is 8.86. The van der Waals surface area contributed by atoms with Crippen molar-refractivity contribution in [2.45, 2.75) is 12.5 Å². The Balaban J connectivity index is 2.21. The van der Waals surface area contributed by atoms with E-state index < -0.39 is 0 Å². The Bertz CT molecular complexity index is 342. The maximum absolute atomic E-state index is 9.16. The van der Waals surface area contributed by atoms with Crippen LogP contribution in [0.15, 0.2) is 24.3 Å². The lowest BCUT2D eigenvalue weighted by atomic mass is 10.0. The van der Waals surface area contributed by atoms with E-state index in [0.717, 1.165) is 18.0 Å². The zero-order chi connectivity index (χ0) is 10.8. The highest BCUT2D eigenvalue weighted by Gasteiger charge is 2.30. The fraction of sp³-hybridized carbons (Fsp3) is 0.500. The molecule has 0 aliphatic carbocycles. The molecule has 0 spiro atoms. The molecule has 3 heteroatoms. The summed E-state index contributed by atoms with van der Waals surface area (Å²) in [5, 5.41) is 9.98. The molecule has 2 atom stereocenters. The zero-order valence-corrected chi connectivity index (χ0v) is 9.61. The van der Waals surface area contributed by atoms with Crippen LogP contribution in [-0.4, -0.2) is 30.2 Å². The van der Waals surface area contributed by atoms with Crippen LogP contribution in [0.2, 0.25) is 5.02 Å². The third-order valence-corrected chi connectivity index (χ3v) is 3.50. The predicted octanol–water partition coefficient (Wildman–Crippen LogP) is 2.33. The van der Waals surface area contributed by atoms with E-state index in [9.17, 15) is 0 Å². The van der Waals surface area contributed by atoms with Crippen molar-refractivity contribution in [3.63, 3.8) is 0 Å². The van der Waals surface area contributed by atoms with Crippen molar-refractivity contribution in [1.29, 1.82) is 0 Å². The fourth-order valence-electron chi connectivity index (χ4n) is 2.35. The molecule has 1 saturated heterocycles. The molecule has 0 unspecified atom stereocenters. The summed E-state index contributed by atoms with van der Waals surface area (Å²) < 4.78 is 0. The number of aliphatic hydroxyl groups is 1. The molecule has 0 saturated carbocycles. The third kappa shape index (κ3) is 2.17. The molecule has 1 aliphatic heterocycles. The van der Waals surface area contributed by atoms with Gasteiger partial charge in [-0.3, -0.25) is 4.90 Å². The molecule has 2 rings (SSSR count). The molecule has 1 N–H and O–H groups in total. The van der Waals surface area contributed by atoms with Crippen molar-refractivity contribution >= 4 is 11.6 Å². The molecule has 0 amide bonds. The lowest BCUT2D eigenvalue weighted by Crippen LogP contribution is -2.19. The number of nitrogens with zero attached hydrogens (tertiary/aromatic N) is 1. The fourth-order valence-corrected chi connectivity index (χ4v) is 2.61. The van der Waals surface area contributed by atoms with E-state index in [0.29, 0.717) is 12.0 Å². The van der Waals surface area contributed by atoms with Gasteiger partial charge in [0, 0.05) is 24.2 Å². The van der Waals surface area contributed by atoms with Crippen molar-refractivity contribution in [1.82, 2.24) is 4.90 Å². The van der Waals surface area contributed by atoms with Crippen LogP contribution in [-0.2, 0) is 0 Å². The van der Waals surface area contributed by atoms with E-state index in [1.807, 2.05) is 18.2 Å². The number of hydrogen-bond donors (Lipinski definition) is 1. The molecule has 0 aromatic heterocycles. The Morgan fingerprint density at radius 2 is 2.20 bits per heavy atom. The number of rotatable bonds is 2. The van der Waals surface area contributed by atoms with E-state index in [1.54, 1.807) is 0 Å². The summed E-state index contributed by atoms with van der Waals surface area (Å²) in [6, 6.07) is 8.32. The molecular weight excluding hydrogens is 210 g/mol. The van der Waals surface area contributed by atoms with Gasteiger partial charge < -0.3 is 5.11 Å². The average Bonchev–Trinajstić information content (AvgIpc) is 2.60. The number of aliphatic hydroxyl groups excluding tert-OH is 1. The van der Waals surface area contributed by atoms with Crippen LogP contribution in [0.1, 0.15) is 18.0 Å². The first-order valence-corrected chi connectivity index (χ1v) is 5.65. The number of halogens is 1. The van der Waals surface area contributed by atoms with E-state index in [4.69, 9.17) is 16.7 Å². The lowest BCUT2D eigenvalue weighted by molar-refractivity contribution is 0.227. The van der Waals surface area contributed by atoms with E-state index in [1.165, 1.54) is 5.56 Å². The second kappa shape index (κ2) is 4.52. The summed E-state index contributed by atoms with van der Waals surface area (Å²) in [4.78, 5) is 2.27. The minimum atomic E-state index is 0.269. The van der Waals surface area contributed by atoms with E-state index in [-0.39, 0.29) is 6.61 Å². The first kappa shape index (κ1) is 10.9. The minimum absolute atomic E-state index is 0.269. The van der Waals surface area contributed by atoms with Crippen LogP contribution < -0.4 is 0 Å². The highest BCUT2D eigenvalue weighted by atomic mass is 35.5. The summed E-state index contributed by atoms with van der Waals surface area (Å²) >= 11 is 6.17. The summed E-state index contributed by atoms with van der Waals surface area (Å²) in [6.07, 6.45) is 0.997. The third-order valence-electron chi connectivity index (χ3n) is 3.16. The van der Waals surface area contributed by atoms with Crippen molar-refractivity contribution < 1.29 is 5.11 Å². The minimum Gasteiger partial charge on any atom is -0.396 e. The lowest BCUT2D eigenvalue weighted by Gasteiger charge is -2.20. The van der Waals surface area contributed by atoms with Crippen LogP contribution in [0.25, 0.3) is 0 Å². The molecule has 1 heterocycles. The van der Waals surface area contributed by atoms with Crippen molar-refractivity contribution in [3.05, 3.63) is 34.9 Å². The Kier molecular flexibility index (Phi) is 3.29. The predicted molar refractivity (Wildman–Crippen MR) is 62.0 cm³/mol. The average molecular weight is 226 g/mol. The van der Waals surface area contributed by atoms with Crippen LogP contribution in [0.4, 0.5) is 0 Å². The first-order chi connectivity index (χ1) is 7.22. The Labute approximate surface area is 95.5 Å². The van der Waals surface area contributed by atoms with Gasteiger partial charge in [0.15, 0.2) is 0 Å². The maximum Gasteiger partial charge on any atom is 0.0472 e. The number of benzene rings is 1. The van der Waals surface area contributed by atoms with Crippen molar-refractivity contribution in [3.8, 4) is 0 Å². The number of hydrogen-bond acceptors (Lipinski definition) is 2. The molecule has 1 aromatic carbocycles. The van der Waals surface area contributed by atoms with Gasteiger partial charge in [-0.1, -0.05) is 29.8 Å². The van der Waals surface area contributed by atoms with Crippen LogP contribution in [0.3, 0.4) is 0 Å². The van der Waals surface area contributed by atoms with Gasteiger partial charge >= 0.3 is 0 Å². The Morgan fingerprint density at radius 3 is 2.80 bits per heavy atom. The van der Waals surface area contributed by atoms with Gasteiger partial charge in [-0.2, -0.15) is 0 Å². The van der Waals surface area contributed by atoms with E-state index >= 15 is 0 Å².